The van der Waals surface area contributed by atoms with Gasteiger partial charge >= 0.3 is 0 Å². The third-order valence-electron chi connectivity index (χ3n) is 2.82. The fraction of sp³-hybridized carbons (Fsp3) is 0.700. The maximum absolute atomic E-state index is 11.7. The summed E-state index contributed by atoms with van der Waals surface area (Å²) in [5.74, 6) is 0.970. The molecular formula is C10H18N4O2S. The lowest BCUT2D eigenvalue weighted by molar-refractivity contribution is 0.563. The van der Waals surface area contributed by atoms with Crippen molar-refractivity contribution in [3.05, 3.63) is 18.2 Å². The smallest absolute Gasteiger partial charge is 0.213 e. The molecule has 17 heavy (non-hydrogen) atoms. The van der Waals surface area contributed by atoms with E-state index in [9.17, 15) is 8.42 Å². The van der Waals surface area contributed by atoms with Gasteiger partial charge in [0.05, 0.1) is 5.75 Å². The van der Waals surface area contributed by atoms with Crippen molar-refractivity contribution < 1.29 is 8.42 Å². The van der Waals surface area contributed by atoms with Crippen molar-refractivity contribution in [2.45, 2.75) is 25.3 Å². The van der Waals surface area contributed by atoms with Gasteiger partial charge in [0.2, 0.25) is 10.0 Å². The second kappa shape index (κ2) is 5.61. The molecule has 0 radical (unpaired) electrons. The Hall–Kier alpha value is -0.920. The lowest BCUT2D eigenvalue weighted by atomic mass is 10.3. The quantitative estimate of drug-likeness (QED) is 0.649. The fourth-order valence-corrected chi connectivity index (χ4v) is 3.33. The molecule has 3 N–H and O–H groups in total. The molecule has 1 fully saturated rings. The number of hydrogen-bond donors (Lipinski definition) is 3. The molecule has 0 saturated carbocycles. The number of nitrogens with one attached hydrogen (secondary N) is 3. The highest BCUT2D eigenvalue weighted by molar-refractivity contribution is 7.89. The average Bonchev–Trinajstić information content (AvgIpc) is 2.89. The van der Waals surface area contributed by atoms with Gasteiger partial charge in [-0.2, -0.15) is 0 Å². The number of rotatable bonds is 6. The van der Waals surface area contributed by atoms with E-state index < -0.39 is 10.0 Å². The van der Waals surface area contributed by atoms with E-state index in [1.807, 2.05) is 0 Å². The van der Waals surface area contributed by atoms with Crippen LogP contribution in [0.15, 0.2) is 12.4 Å². The van der Waals surface area contributed by atoms with Gasteiger partial charge < -0.3 is 10.3 Å². The van der Waals surface area contributed by atoms with E-state index in [1.165, 1.54) is 0 Å². The molecule has 2 rings (SSSR count). The molecule has 0 bridgehead atoms. The first-order valence-corrected chi connectivity index (χ1v) is 7.50. The molecule has 6 nitrogen and oxygen atoms in total. The van der Waals surface area contributed by atoms with Gasteiger partial charge in [-0.3, -0.25) is 0 Å². The number of sulfonamides is 1. The van der Waals surface area contributed by atoms with Crippen LogP contribution in [0.1, 0.15) is 18.7 Å². The van der Waals surface area contributed by atoms with Crippen LogP contribution in [0.3, 0.4) is 0 Å². The van der Waals surface area contributed by atoms with E-state index in [1.54, 1.807) is 12.4 Å². The zero-order chi connectivity index (χ0) is 12.1. The molecule has 0 amide bonds. The van der Waals surface area contributed by atoms with Crippen molar-refractivity contribution in [3.8, 4) is 0 Å². The normalized spacial score (nSPS) is 20.8. The summed E-state index contributed by atoms with van der Waals surface area (Å²) in [6, 6.07) is 0.108. The number of hydrogen-bond acceptors (Lipinski definition) is 4. The Morgan fingerprint density at radius 3 is 3.06 bits per heavy atom. The lowest BCUT2D eigenvalue weighted by Crippen LogP contribution is -2.37. The second-order valence-corrected chi connectivity index (χ2v) is 6.11. The summed E-state index contributed by atoms with van der Waals surface area (Å²) < 4.78 is 26.1. The van der Waals surface area contributed by atoms with Crippen LogP contribution < -0.4 is 10.0 Å². The average molecular weight is 258 g/mol. The molecule has 1 aliphatic heterocycles. The first-order chi connectivity index (χ1) is 8.16. The molecule has 1 saturated heterocycles. The highest BCUT2D eigenvalue weighted by Crippen LogP contribution is 2.06. The van der Waals surface area contributed by atoms with Crippen LogP contribution in [0.4, 0.5) is 0 Å². The van der Waals surface area contributed by atoms with E-state index in [0.29, 0.717) is 13.0 Å². The standard InChI is InChI=1S/C10H18N4O2S/c15-17(16,8-9-2-1-4-11-9)14-5-3-10-12-6-7-13-10/h6-7,9,11,14H,1-5,8H2,(H,12,13). The van der Waals surface area contributed by atoms with Gasteiger partial charge in [-0.15, -0.1) is 0 Å². The summed E-state index contributed by atoms with van der Waals surface area (Å²) in [6.45, 7) is 1.31. The van der Waals surface area contributed by atoms with Gasteiger partial charge in [0.25, 0.3) is 0 Å². The molecule has 1 unspecified atom stereocenters. The van der Waals surface area contributed by atoms with Gasteiger partial charge in [-0.1, -0.05) is 0 Å². The minimum atomic E-state index is -3.17. The van der Waals surface area contributed by atoms with Crippen LogP contribution >= 0.6 is 0 Å². The van der Waals surface area contributed by atoms with Gasteiger partial charge in [0, 0.05) is 31.4 Å². The van der Waals surface area contributed by atoms with Crippen LogP contribution in [-0.4, -0.2) is 43.3 Å². The molecule has 2 heterocycles. The van der Waals surface area contributed by atoms with Crippen LogP contribution in [-0.2, 0) is 16.4 Å². The van der Waals surface area contributed by atoms with Gasteiger partial charge in [0.1, 0.15) is 5.82 Å². The van der Waals surface area contributed by atoms with Crippen molar-refractivity contribution in [1.82, 2.24) is 20.0 Å². The Labute approximate surface area is 101 Å². The van der Waals surface area contributed by atoms with E-state index in [-0.39, 0.29) is 11.8 Å². The van der Waals surface area contributed by atoms with E-state index in [4.69, 9.17) is 0 Å². The molecule has 7 heteroatoms. The molecular weight excluding hydrogens is 240 g/mol. The summed E-state index contributed by atoms with van der Waals surface area (Å²) in [5, 5.41) is 3.18. The summed E-state index contributed by atoms with van der Waals surface area (Å²) in [6.07, 6.45) is 5.98. The zero-order valence-corrected chi connectivity index (χ0v) is 10.5. The highest BCUT2D eigenvalue weighted by atomic mass is 32.2. The Bertz CT molecular complexity index is 423. The van der Waals surface area contributed by atoms with Crippen molar-refractivity contribution in [2.24, 2.45) is 0 Å². The van der Waals surface area contributed by atoms with Crippen LogP contribution in [0, 0.1) is 0 Å². The van der Waals surface area contributed by atoms with Crippen LogP contribution in [0.25, 0.3) is 0 Å². The van der Waals surface area contributed by atoms with E-state index in [0.717, 1.165) is 25.2 Å². The Morgan fingerprint density at radius 1 is 1.53 bits per heavy atom. The Balaban J connectivity index is 1.73. The molecule has 1 aromatic heterocycles. The monoisotopic (exact) mass is 258 g/mol. The van der Waals surface area contributed by atoms with E-state index >= 15 is 0 Å². The number of H-pyrrole nitrogens is 1. The predicted octanol–water partition coefficient (Wildman–Crippen LogP) is -0.376. The van der Waals surface area contributed by atoms with Gasteiger partial charge in [-0.25, -0.2) is 18.1 Å². The third kappa shape index (κ3) is 4.10. The number of nitrogens with zero attached hydrogens (tertiary/aromatic N) is 1. The van der Waals surface area contributed by atoms with Crippen LogP contribution in [0.5, 0.6) is 0 Å². The SMILES string of the molecule is O=S(=O)(CC1CCCN1)NCCc1ncc[nH]1. The maximum atomic E-state index is 11.7. The molecule has 1 atom stereocenters. The highest BCUT2D eigenvalue weighted by Gasteiger charge is 2.21. The van der Waals surface area contributed by atoms with Crippen molar-refractivity contribution in [2.75, 3.05) is 18.8 Å². The molecule has 0 spiro atoms. The largest absolute Gasteiger partial charge is 0.349 e. The molecule has 0 aromatic carbocycles. The topological polar surface area (TPSA) is 86.9 Å². The minimum absolute atomic E-state index is 0.108. The van der Waals surface area contributed by atoms with Crippen molar-refractivity contribution >= 4 is 10.0 Å². The van der Waals surface area contributed by atoms with Gasteiger partial charge in [-0.05, 0) is 19.4 Å². The van der Waals surface area contributed by atoms with Crippen molar-refractivity contribution in [3.63, 3.8) is 0 Å². The van der Waals surface area contributed by atoms with Crippen molar-refractivity contribution in [1.29, 1.82) is 0 Å². The molecule has 1 aromatic rings. The summed E-state index contributed by atoms with van der Waals surface area (Å²) in [7, 11) is -3.17. The maximum Gasteiger partial charge on any atom is 0.213 e. The summed E-state index contributed by atoms with van der Waals surface area (Å²) >= 11 is 0. The molecule has 0 aliphatic carbocycles. The number of aromatic nitrogens is 2. The molecule has 1 aliphatic rings. The number of imidazole rings is 1. The zero-order valence-electron chi connectivity index (χ0n) is 9.65. The first-order valence-electron chi connectivity index (χ1n) is 5.85. The minimum Gasteiger partial charge on any atom is -0.349 e. The molecule has 96 valence electrons. The predicted molar refractivity (Wildman–Crippen MR) is 65.1 cm³/mol. The lowest BCUT2D eigenvalue weighted by Gasteiger charge is -2.11. The Kier molecular flexibility index (Phi) is 4.14. The first kappa shape index (κ1) is 12.5. The van der Waals surface area contributed by atoms with Gasteiger partial charge in [0.15, 0.2) is 0 Å². The Morgan fingerprint density at radius 2 is 2.41 bits per heavy atom. The van der Waals surface area contributed by atoms with E-state index in [2.05, 4.69) is 20.0 Å². The number of aromatic amines is 1. The van der Waals surface area contributed by atoms with Crippen LogP contribution in [0.2, 0.25) is 0 Å². The summed E-state index contributed by atoms with van der Waals surface area (Å²) in [5.41, 5.74) is 0. The third-order valence-corrected chi connectivity index (χ3v) is 4.31. The second-order valence-electron chi connectivity index (χ2n) is 4.25. The fourth-order valence-electron chi connectivity index (χ4n) is 1.98. The summed E-state index contributed by atoms with van der Waals surface area (Å²) in [4.78, 5) is 6.97.